The predicted molar refractivity (Wildman–Crippen MR) is 81.5 cm³/mol. The fourth-order valence-electron chi connectivity index (χ4n) is 2.17. The van der Waals surface area contributed by atoms with Gasteiger partial charge in [0.1, 0.15) is 5.75 Å². The van der Waals surface area contributed by atoms with Crippen LogP contribution in [-0.2, 0) is 5.75 Å². The third-order valence-corrected chi connectivity index (χ3v) is 4.38. The minimum atomic E-state index is -0.834. The van der Waals surface area contributed by atoms with Gasteiger partial charge in [-0.05, 0) is 35.2 Å². The molecule has 0 aliphatic heterocycles. The zero-order valence-corrected chi connectivity index (χ0v) is 11.8. The number of hydrogen-bond acceptors (Lipinski definition) is 2. The topological polar surface area (TPSA) is 20.2 Å². The van der Waals surface area contributed by atoms with E-state index < -0.39 is 11.6 Å². The summed E-state index contributed by atoms with van der Waals surface area (Å²) in [5.74, 6) is -0.892. The maximum Gasteiger partial charge on any atom is 0.159 e. The van der Waals surface area contributed by atoms with Crippen LogP contribution in [0.15, 0.2) is 59.5 Å². The van der Waals surface area contributed by atoms with Crippen molar-refractivity contribution in [1.82, 2.24) is 0 Å². The highest BCUT2D eigenvalue weighted by molar-refractivity contribution is 7.98. The maximum atomic E-state index is 13.2. The molecule has 3 rings (SSSR count). The summed E-state index contributed by atoms with van der Waals surface area (Å²) < 4.78 is 26.1. The van der Waals surface area contributed by atoms with Crippen molar-refractivity contribution >= 4 is 22.5 Å². The van der Waals surface area contributed by atoms with Crippen molar-refractivity contribution in [2.45, 2.75) is 10.6 Å². The molecule has 0 radical (unpaired) electrons. The summed E-state index contributed by atoms with van der Waals surface area (Å²) in [6.45, 7) is 0. The van der Waals surface area contributed by atoms with Crippen molar-refractivity contribution in [2.24, 2.45) is 0 Å². The second kappa shape index (κ2) is 5.74. The first kappa shape index (κ1) is 13.9. The Morgan fingerprint density at radius 3 is 2.38 bits per heavy atom. The van der Waals surface area contributed by atoms with Crippen LogP contribution in [0, 0.1) is 11.6 Å². The number of hydrogen-bond donors (Lipinski definition) is 1. The number of benzene rings is 3. The molecule has 0 aromatic heterocycles. The summed E-state index contributed by atoms with van der Waals surface area (Å²) in [5.41, 5.74) is 0.719. The Labute approximate surface area is 125 Å². The monoisotopic (exact) mass is 302 g/mol. The summed E-state index contributed by atoms with van der Waals surface area (Å²) in [7, 11) is 0. The third kappa shape index (κ3) is 2.85. The molecule has 0 saturated heterocycles. The van der Waals surface area contributed by atoms with E-state index in [2.05, 4.69) is 0 Å². The largest absolute Gasteiger partial charge is 0.507 e. The molecule has 3 aromatic carbocycles. The van der Waals surface area contributed by atoms with Gasteiger partial charge >= 0.3 is 0 Å². The summed E-state index contributed by atoms with van der Waals surface area (Å²) in [4.78, 5) is 0.994. The van der Waals surface area contributed by atoms with Gasteiger partial charge in [-0.1, -0.05) is 30.3 Å². The minimum Gasteiger partial charge on any atom is -0.507 e. The lowest BCUT2D eigenvalue weighted by Crippen LogP contribution is -1.88. The fraction of sp³-hybridized carbons (Fsp3) is 0.0588. The van der Waals surface area contributed by atoms with Crippen LogP contribution in [0.5, 0.6) is 5.75 Å². The number of phenols is 1. The lowest BCUT2D eigenvalue weighted by Gasteiger charge is -2.08. The standard InChI is InChI=1S/C17H12F2OS/c18-14-6-5-11(9-15(14)19)10-21-17-8-7-16(20)12-3-1-2-4-13(12)17/h1-9,20H,10H2. The van der Waals surface area contributed by atoms with Crippen LogP contribution >= 0.6 is 11.8 Å². The van der Waals surface area contributed by atoms with E-state index in [1.54, 1.807) is 12.1 Å². The fourth-order valence-corrected chi connectivity index (χ4v) is 3.17. The van der Waals surface area contributed by atoms with Crippen molar-refractivity contribution in [3.8, 4) is 5.75 Å². The first-order chi connectivity index (χ1) is 10.1. The zero-order chi connectivity index (χ0) is 14.8. The lowest BCUT2D eigenvalue weighted by molar-refractivity contribution is 0.481. The first-order valence-electron chi connectivity index (χ1n) is 6.42. The molecule has 0 saturated carbocycles. The summed E-state index contributed by atoms with van der Waals surface area (Å²) in [6, 6.07) is 15.0. The van der Waals surface area contributed by atoms with Gasteiger partial charge in [-0.15, -0.1) is 11.8 Å². The number of phenolic OH excluding ortho intramolecular Hbond substituents is 1. The summed E-state index contributed by atoms with van der Waals surface area (Å²) >= 11 is 1.53. The predicted octanol–water partition coefficient (Wildman–Crippen LogP) is 5.12. The molecule has 1 nitrogen and oxygen atoms in total. The van der Waals surface area contributed by atoms with E-state index in [0.29, 0.717) is 5.75 Å². The molecule has 0 bridgehead atoms. The number of fused-ring (bicyclic) bond motifs is 1. The van der Waals surface area contributed by atoms with E-state index in [4.69, 9.17) is 0 Å². The average molecular weight is 302 g/mol. The molecule has 106 valence electrons. The zero-order valence-electron chi connectivity index (χ0n) is 11.0. The number of aromatic hydroxyl groups is 1. The molecule has 0 aliphatic carbocycles. The van der Waals surface area contributed by atoms with Gasteiger partial charge in [0.2, 0.25) is 0 Å². The molecule has 1 N–H and O–H groups in total. The van der Waals surface area contributed by atoms with Crippen molar-refractivity contribution in [2.75, 3.05) is 0 Å². The molecular weight excluding hydrogens is 290 g/mol. The molecule has 0 atom stereocenters. The van der Waals surface area contributed by atoms with Gasteiger partial charge in [0.15, 0.2) is 11.6 Å². The van der Waals surface area contributed by atoms with Gasteiger partial charge in [0.25, 0.3) is 0 Å². The van der Waals surface area contributed by atoms with Crippen molar-refractivity contribution in [1.29, 1.82) is 0 Å². The molecule has 0 fully saturated rings. The Morgan fingerprint density at radius 2 is 1.62 bits per heavy atom. The normalized spacial score (nSPS) is 11.0. The second-order valence-electron chi connectivity index (χ2n) is 4.67. The van der Waals surface area contributed by atoms with Crippen LogP contribution in [0.4, 0.5) is 8.78 Å². The molecule has 0 aliphatic rings. The van der Waals surface area contributed by atoms with Crippen molar-refractivity contribution < 1.29 is 13.9 Å². The number of halogens is 2. The van der Waals surface area contributed by atoms with Gasteiger partial charge in [0.05, 0.1) is 0 Å². The minimum absolute atomic E-state index is 0.239. The molecule has 3 aromatic rings. The molecular formula is C17H12F2OS. The molecule has 0 heterocycles. The van der Waals surface area contributed by atoms with Crippen molar-refractivity contribution in [3.63, 3.8) is 0 Å². The smallest absolute Gasteiger partial charge is 0.159 e. The molecule has 0 spiro atoms. The second-order valence-corrected chi connectivity index (χ2v) is 5.68. The van der Waals surface area contributed by atoms with Crippen LogP contribution in [0.3, 0.4) is 0 Å². The Kier molecular flexibility index (Phi) is 3.80. The number of thioether (sulfide) groups is 1. The average Bonchev–Trinajstić information content (AvgIpc) is 2.50. The van der Waals surface area contributed by atoms with Crippen LogP contribution in [0.25, 0.3) is 10.8 Å². The van der Waals surface area contributed by atoms with Gasteiger partial charge in [-0.2, -0.15) is 0 Å². The van der Waals surface area contributed by atoms with E-state index in [9.17, 15) is 13.9 Å². The van der Waals surface area contributed by atoms with E-state index in [1.165, 1.54) is 17.8 Å². The van der Waals surface area contributed by atoms with Gasteiger partial charge < -0.3 is 5.11 Å². The van der Waals surface area contributed by atoms with Crippen LogP contribution in [0.2, 0.25) is 0 Å². The highest BCUT2D eigenvalue weighted by Gasteiger charge is 2.07. The maximum absolute atomic E-state index is 13.2. The quantitative estimate of drug-likeness (QED) is 0.678. The molecule has 0 amide bonds. The van der Waals surface area contributed by atoms with Gasteiger partial charge in [-0.25, -0.2) is 8.78 Å². The Bertz CT molecular complexity index is 802. The van der Waals surface area contributed by atoms with E-state index >= 15 is 0 Å². The van der Waals surface area contributed by atoms with Gasteiger partial charge in [-0.3, -0.25) is 0 Å². The first-order valence-corrected chi connectivity index (χ1v) is 7.41. The highest BCUT2D eigenvalue weighted by Crippen LogP contribution is 2.34. The van der Waals surface area contributed by atoms with Crippen LogP contribution in [-0.4, -0.2) is 5.11 Å². The van der Waals surface area contributed by atoms with E-state index in [0.717, 1.165) is 27.3 Å². The molecule has 21 heavy (non-hydrogen) atoms. The summed E-state index contributed by atoms with van der Waals surface area (Å²) in [6.07, 6.45) is 0. The number of rotatable bonds is 3. The Morgan fingerprint density at radius 1 is 0.857 bits per heavy atom. The third-order valence-electron chi connectivity index (χ3n) is 3.24. The Hall–Kier alpha value is -2.07. The highest BCUT2D eigenvalue weighted by atomic mass is 32.2. The SMILES string of the molecule is Oc1ccc(SCc2ccc(F)c(F)c2)c2ccccc12. The van der Waals surface area contributed by atoms with E-state index in [1.807, 2.05) is 30.3 Å². The van der Waals surface area contributed by atoms with Gasteiger partial charge in [0, 0.05) is 16.0 Å². The van der Waals surface area contributed by atoms with Crippen LogP contribution < -0.4 is 0 Å². The molecule has 0 unspecified atom stereocenters. The van der Waals surface area contributed by atoms with E-state index in [-0.39, 0.29) is 5.75 Å². The Balaban J connectivity index is 1.88. The van der Waals surface area contributed by atoms with Crippen LogP contribution in [0.1, 0.15) is 5.56 Å². The molecule has 4 heteroatoms. The summed E-state index contributed by atoms with van der Waals surface area (Å²) in [5, 5.41) is 11.6. The van der Waals surface area contributed by atoms with Crippen molar-refractivity contribution in [3.05, 3.63) is 71.8 Å². The lowest BCUT2D eigenvalue weighted by atomic mass is 10.1.